The molecule has 0 unspecified atom stereocenters. The Morgan fingerprint density at radius 1 is 0.274 bits per heavy atom. The molecule has 2 aromatic heterocycles. The van der Waals surface area contributed by atoms with E-state index in [1.165, 1.54) is 33.0 Å². The molecule has 0 radical (unpaired) electrons. The highest BCUT2D eigenvalue weighted by molar-refractivity contribution is 6.12. The van der Waals surface area contributed by atoms with Gasteiger partial charge in [0.25, 0.3) is 0 Å². The van der Waals surface area contributed by atoms with Crippen LogP contribution in [-0.4, -0.2) is 19.5 Å². The van der Waals surface area contributed by atoms with Gasteiger partial charge in [-0.05, 0) is 101 Å². The molecule has 5 heteroatoms. The van der Waals surface area contributed by atoms with Gasteiger partial charge in [0.2, 0.25) is 0 Å². The number of aromatic nitrogens is 4. The Balaban J connectivity index is 1.05. The number of para-hydroxylation sites is 1. The van der Waals surface area contributed by atoms with Crippen molar-refractivity contribution in [3.8, 4) is 62.1 Å². The standard InChI is InChI=1S/C57H39N5/c1-6-16-40(17-7-1)42-26-31-48(32-27-42)61(47-24-14-5-15-25-47)50-35-37-54-52(39-50)51-38-46(41-18-8-2-9-19-41)30-36-53(51)62(54)49-33-28-45(29-34-49)57-59-55(43-20-10-3-11-21-43)58-56(60-57)44-22-12-4-13-23-44/h1-39H. The first-order valence-electron chi connectivity index (χ1n) is 20.9. The van der Waals surface area contributed by atoms with E-state index >= 15 is 0 Å². The van der Waals surface area contributed by atoms with E-state index in [2.05, 4.69) is 185 Å². The third-order valence-corrected chi connectivity index (χ3v) is 11.4. The Labute approximate surface area is 360 Å². The molecule has 9 aromatic carbocycles. The number of rotatable bonds is 9. The Bertz CT molecular complexity index is 3240. The van der Waals surface area contributed by atoms with E-state index in [1.54, 1.807) is 0 Å². The van der Waals surface area contributed by atoms with Gasteiger partial charge in [-0.15, -0.1) is 0 Å². The predicted molar refractivity (Wildman–Crippen MR) is 256 cm³/mol. The third kappa shape index (κ3) is 6.97. The van der Waals surface area contributed by atoms with E-state index in [4.69, 9.17) is 15.0 Å². The van der Waals surface area contributed by atoms with Crippen molar-refractivity contribution in [2.24, 2.45) is 0 Å². The van der Waals surface area contributed by atoms with Gasteiger partial charge >= 0.3 is 0 Å². The van der Waals surface area contributed by atoms with Crippen LogP contribution >= 0.6 is 0 Å². The summed E-state index contributed by atoms with van der Waals surface area (Å²) in [5, 5.41) is 2.34. The maximum atomic E-state index is 4.99. The topological polar surface area (TPSA) is 46.8 Å². The second kappa shape index (κ2) is 16.0. The van der Waals surface area contributed by atoms with Gasteiger partial charge in [0.1, 0.15) is 0 Å². The summed E-state index contributed by atoms with van der Waals surface area (Å²) in [5.41, 5.74) is 14.1. The molecule has 0 aliphatic carbocycles. The van der Waals surface area contributed by atoms with Gasteiger partial charge < -0.3 is 9.47 Å². The quantitative estimate of drug-likeness (QED) is 0.146. The molecule has 5 nitrogen and oxygen atoms in total. The highest BCUT2D eigenvalue weighted by atomic mass is 15.1. The zero-order valence-electron chi connectivity index (χ0n) is 33.8. The molecule has 0 amide bonds. The van der Waals surface area contributed by atoms with E-state index in [0.717, 1.165) is 50.5 Å². The van der Waals surface area contributed by atoms with Gasteiger partial charge in [0, 0.05) is 50.2 Å². The summed E-state index contributed by atoms with van der Waals surface area (Å²) in [6.07, 6.45) is 0. The van der Waals surface area contributed by atoms with Crippen LogP contribution in [0.5, 0.6) is 0 Å². The SMILES string of the molecule is c1ccc(-c2ccc(N(c3ccccc3)c3ccc4c(c3)c3cc(-c5ccccc5)ccc3n4-c3ccc(-c4nc(-c5ccccc5)nc(-c5ccccc5)n4)cc3)cc2)cc1. The lowest BCUT2D eigenvalue weighted by Crippen LogP contribution is -2.09. The van der Waals surface area contributed by atoms with Gasteiger partial charge in [-0.3, -0.25) is 0 Å². The van der Waals surface area contributed by atoms with E-state index < -0.39 is 0 Å². The van der Waals surface area contributed by atoms with Crippen molar-refractivity contribution >= 4 is 38.9 Å². The maximum absolute atomic E-state index is 4.99. The molecule has 62 heavy (non-hydrogen) atoms. The second-order valence-electron chi connectivity index (χ2n) is 15.3. The lowest BCUT2D eigenvalue weighted by Gasteiger charge is -2.26. The van der Waals surface area contributed by atoms with Crippen LogP contribution in [0.4, 0.5) is 17.1 Å². The smallest absolute Gasteiger partial charge is 0.164 e. The Hall–Kier alpha value is -8.41. The lowest BCUT2D eigenvalue weighted by molar-refractivity contribution is 1.07. The summed E-state index contributed by atoms with van der Waals surface area (Å²) in [5.74, 6) is 1.91. The molecular weight excluding hydrogens is 755 g/mol. The average Bonchev–Trinajstić information content (AvgIpc) is 3.68. The number of hydrogen-bond donors (Lipinski definition) is 0. The molecule has 0 atom stereocenters. The predicted octanol–water partition coefficient (Wildman–Crippen LogP) is 14.8. The molecule has 0 spiro atoms. The number of nitrogens with zero attached hydrogens (tertiary/aromatic N) is 5. The fourth-order valence-electron chi connectivity index (χ4n) is 8.39. The Morgan fingerprint density at radius 2 is 0.629 bits per heavy atom. The summed E-state index contributed by atoms with van der Waals surface area (Å²) < 4.78 is 2.37. The molecule has 0 N–H and O–H groups in total. The molecule has 11 aromatic rings. The zero-order chi connectivity index (χ0) is 41.2. The highest BCUT2D eigenvalue weighted by Crippen LogP contribution is 2.41. The van der Waals surface area contributed by atoms with Crippen molar-refractivity contribution in [3.63, 3.8) is 0 Å². The Morgan fingerprint density at radius 3 is 1.16 bits per heavy atom. The molecule has 11 rings (SSSR count). The van der Waals surface area contributed by atoms with Crippen molar-refractivity contribution in [1.82, 2.24) is 19.5 Å². The average molecular weight is 794 g/mol. The number of anilines is 3. The lowest BCUT2D eigenvalue weighted by atomic mass is 10.0. The number of hydrogen-bond acceptors (Lipinski definition) is 4. The van der Waals surface area contributed by atoms with E-state index in [9.17, 15) is 0 Å². The van der Waals surface area contributed by atoms with Gasteiger partial charge in [-0.2, -0.15) is 0 Å². The van der Waals surface area contributed by atoms with Crippen molar-refractivity contribution in [3.05, 3.63) is 237 Å². The van der Waals surface area contributed by atoms with Crippen LogP contribution in [0.25, 0.3) is 83.9 Å². The van der Waals surface area contributed by atoms with Crippen LogP contribution in [0.3, 0.4) is 0 Å². The molecular formula is C57H39N5. The van der Waals surface area contributed by atoms with Crippen molar-refractivity contribution in [2.45, 2.75) is 0 Å². The molecule has 292 valence electrons. The minimum absolute atomic E-state index is 0.626. The first-order chi connectivity index (χ1) is 30.7. The third-order valence-electron chi connectivity index (χ3n) is 11.4. The molecule has 0 saturated carbocycles. The summed E-state index contributed by atoms with van der Waals surface area (Å²) >= 11 is 0. The molecule has 0 aliphatic heterocycles. The summed E-state index contributed by atoms with van der Waals surface area (Å²) in [6, 6.07) is 83.1. The zero-order valence-corrected chi connectivity index (χ0v) is 33.8. The van der Waals surface area contributed by atoms with Crippen LogP contribution < -0.4 is 4.90 Å². The van der Waals surface area contributed by atoms with E-state index in [1.807, 2.05) is 60.7 Å². The van der Waals surface area contributed by atoms with Crippen LogP contribution in [0, 0.1) is 0 Å². The molecule has 0 fully saturated rings. The van der Waals surface area contributed by atoms with Crippen molar-refractivity contribution in [1.29, 1.82) is 0 Å². The van der Waals surface area contributed by atoms with Crippen LogP contribution in [0.2, 0.25) is 0 Å². The summed E-state index contributed by atoms with van der Waals surface area (Å²) in [7, 11) is 0. The van der Waals surface area contributed by atoms with Crippen LogP contribution in [0.15, 0.2) is 237 Å². The fraction of sp³-hybridized carbons (Fsp3) is 0. The monoisotopic (exact) mass is 793 g/mol. The number of fused-ring (bicyclic) bond motifs is 3. The second-order valence-corrected chi connectivity index (χ2v) is 15.3. The van der Waals surface area contributed by atoms with Gasteiger partial charge in [-0.25, -0.2) is 15.0 Å². The largest absolute Gasteiger partial charge is 0.310 e. The van der Waals surface area contributed by atoms with E-state index in [-0.39, 0.29) is 0 Å². The number of benzene rings is 9. The van der Waals surface area contributed by atoms with Crippen molar-refractivity contribution < 1.29 is 0 Å². The molecule has 0 saturated heterocycles. The van der Waals surface area contributed by atoms with Crippen molar-refractivity contribution in [2.75, 3.05) is 4.90 Å². The first-order valence-corrected chi connectivity index (χ1v) is 20.9. The fourth-order valence-corrected chi connectivity index (χ4v) is 8.39. The minimum Gasteiger partial charge on any atom is -0.310 e. The first kappa shape index (κ1) is 36.7. The van der Waals surface area contributed by atoms with E-state index in [0.29, 0.717) is 17.5 Å². The molecule has 0 aliphatic rings. The Kier molecular flexibility index (Phi) is 9.45. The molecule has 0 bridgehead atoms. The maximum Gasteiger partial charge on any atom is 0.164 e. The summed E-state index contributed by atoms with van der Waals surface area (Å²) in [4.78, 5) is 17.2. The summed E-state index contributed by atoms with van der Waals surface area (Å²) in [6.45, 7) is 0. The van der Waals surface area contributed by atoms with Crippen LogP contribution in [0.1, 0.15) is 0 Å². The normalized spacial score (nSPS) is 11.2. The van der Waals surface area contributed by atoms with Gasteiger partial charge in [0.05, 0.1) is 11.0 Å². The molecule has 2 heterocycles. The van der Waals surface area contributed by atoms with Crippen LogP contribution in [-0.2, 0) is 0 Å². The minimum atomic E-state index is 0.626. The van der Waals surface area contributed by atoms with Gasteiger partial charge in [0.15, 0.2) is 17.5 Å². The highest BCUT2D eigenvalue weighted by Gasteiger charge is 2.19. The van der Waals surface area contributed by atoms with Gasteiger partial charge in [-0.1, -0.05) is 158 Å².